The van der Waals surface area contributed by atoms with Gasteiger partial charge in [-0.1, -0.05) is 24.3 Å². The molecule has 1 fully saturated rings. The molecule has 36 heavy (non-hydrogen) atoms. The first kappa shape index (κ1) is 26.1. The molecule has 0 aliphatic carbocycles. The fraction of sp³-hybridized carbons (Fsp3) is 0.536. The first-order valence-corrected chi connectivity index (χ1v) is 13.2. The number of pyridine rings is 1. The van der Waals surface area contributed by atoms with Crippen LogP contribution in [0.2, 0.25) is 0 Å². The molecule has 194 valence electrons. The summed E-state index contributed by atoms with van der Waals surface area (Å²) in [4.78, 5) is 31.5. The van der Waals surface area contributed by atoms with Crippen molar-refractivity contribution in [2.75, 3.05) is 44.7 Å². The third kappa shape index (κ3) is 7.77. The number of nitrogens with zero attached hydrogens (tertiary/aromatic N) is 2. The molecule has 0 radical (unpaired) electrons. The number of carbonyl (C=O) groups is 2. The van der Waals surface area contributed by atoms with Gasteiger partial charge in [0.05, 0.1) is 13.2 Å². The van der Waals surface area contributed by atoms with Crippen LogP contribution in [0.5, 0.6) is 0 Å². The highest BCUT2D eigenvalue weighted by molar-refractivity contribution is 5.96. The van der Waals surface area contributed by atoms with Gasteiger partial charge in [0, 0.05) is 30.3 Å². The maximum Gasteiger partial charge on any atom is 0.326 e. The van der Waals surface area contributed by atoms with Crippen molar-refractivity contribution in [3.05, 3.63) is 59.3 Å². The number of hydrogen-bond acceptors (Lipinski definition) is 6. The van der Waals surface area contributed by atoms with Gasteiger partial charge in [-0.2, -0.15) is 0 Å². The van der Waals surface area contributed by atoms with Gasteiger partial charge in [0.25, 0.3) is 5.91 Å². The summed E-state index contributed by atoms with van der Waals surface area (Å²) in [5.74, 6) is 0.278. The number of carboxylic acid groups (broad SMARTS) is 1. The minimum Gasteiger partial charge on any atom is -0.480 e. The van der Waals surface area contributed by atoms with Gasteiger partial charge in [0.15, 0.2) is 0 Å². The van der Waals surface area contributed by atoms with Gasteiger partial charge in [0.2, 0.25) is 0 Å². The predicted octanol–water partition coefficient (Wildman–Crippen LogP) is 3.37. The Labute approximate surface area is 213 Å². The van der Waals surface area contributed by atoms with Gasteiger partial charge in [-0.05, 0) is 81.8 Å². The molecule has 8 nitrogen and oxygen atoms in total. The fourth-order valence-corrected chi connectivity index (χ4v) is 4.70. The standard InChI is InChI=1S/C28H38N4O4/c33-27(23-7-2-1-3-8-23)31-25(28(34)35)14-18-32(17-13-21-19-36-20-21)16-5-4-10-24-12-11-22-9-6-15-29-26(22)30-24/h1-3,7-8,11-12,21,25H,4-6,9-10,13-20H2,(H,29,30)(H,31,33)(H,34,35). The fourth-order valence-electron chi connectivity index (χ4n) is 4.70. The molecule has 0 saturated carbocycles. The van der Waals surface area contributed by atoms with Gasteiger partial charge < -0.3 is 25.4 Å². The predicted molar refractivity (Wildman–Crippen MR) is 139 cm³/mol. The maximum absolute atomic E-state index is 12.5. The normalized spacial score (nSPS) is 16.0. The van der Waals surface area contributed by atoms with Crippen molar-refractivity contribution >= 4 is 17.7 Å². The van der Waals surface area contributed by atoms with Crippen molar-refractivity contribution in [1.29, 1.82) is 0 Å². The van der Waals surface area contributed by atoms with E-state index in [1.54, 1.807) is 24.3 Å². The molecule has 0 spiro atoms. The van der Waals surface area contributed by atoms with E-state index in [1.807, 2.05) is 6.07 Å². The summed E-state index contributed by atoms with van der Waals surface area (Å²) in [5, 5.41) is 15.8. The van der Waals surface area contributed by atoms with Crippen LogP contribution in [0.3, 0.4) is 0 Å². The highest BCUT2D eigenvalue weighted by Gasteiger charge is 2.23. The van der Waals surface area contributed by atoms with E-state index in [-0.39, 0.29) is 5.91 Å². The summed E-state index contributed by atoms with van der Waals surface area (Å²) in [6, 6.07) is 12.2. The Morgan fingerprint density at radius 1 is 1.11 bits per heavy atom. The van der Waals surface area contributed by atoms with Crippen molar-refractivity contribution in [3.63, 3.8) is 0 Å². The van der Waals surface area contributed by atoms with Crippen LogP contribution in [-0.4, -0.2) is 72.3 Å². The molecule has 3 heterocycles. The Morgan fingerprint density at radius 3 is 2.69 bits per heavy atom. The number of carboxylic acids is 1. The molecule has 1 aromatic heterocycles. The second kappa shape index (κ2) is 13.4. The number of nitrogens with one attached hydrogen (secondary N) is 2. The van der Waals surface area contributed by atoms with E-state index < -0.39 is 12.0 Å². The van der Waals surface area contributed by atoms with Crippen LogP contribution in [0.4, 0.5) is 5.82 Å². The zero-order chi connectivity index (χ0) is 25.2. The van der Waals surface area contributed by atoms with Crippen LogP contribution in [0.25, 0.3) is 0 Å². The Bertz CT molecular complexity index is 996. The first-order chi connectivity index (χ1) is 17.6. The number of rotatable bonds is 14. The monoisotopic (exact) mass is 494 g/mol. The second-order valence-electron chi connectivity index (χ2n) is 9.85. The van der Waals surface area contributed by atoms with Crippen LogP contribution in [0.15, 0.2) is 42.5 Å². The van der Waals surface area contributed by atoms with Crippen LogP contribution in [-0.2, 0) is 22.4 Å². The molecule has 3 N–H and O–H groups in total. The average Bonchev–Trinajstić information content (AvgIpc) is 2.87. The Morgan fingerprint density at radius 2 is 1.94 bits per heavy atom. The van der Waals surface area contributed by atoms with Gasteiger partial charge in [-0.15, -0.1) is 0 Å². The van der Waals surface area contributed by atoms with Gasteiger partial charge in [-0.25, -0.2) is 9.78 Å². The smallest absolute Gasteiger partial charge is 0.326 e. The molecule has 0 bridgehead atoms. The summed E-state index contributed by atoms with van der Waals surface area (Å²) >= 11 is 0. The van der Waals surface area contributed by atoms with Crippen LogP contribution in [0, 0.1) is 5.92 Å². The lowest BCUT2D eigenvalue weighted by molar-refractivity contribution is -0.139. The van der Waals surface area contributed by atoms with E-state index in [4.69, 9.17) is 9.72 Å². The van der Waals surface area contributed by atoms with Crippen molar-refractivity contribution in [3.8, 4) is 0 Å². The molecule has 4 rings (SSSR count). The Hall–Kier alpha value is -2.97. The van der Waals surface area contributed by atoms with Crippen molar-refractivity contribution in [1.82, 2.24) is 15.2 Å². The molecule has 8 heteroatoms. The average molecular weight is 495 g/mol. The van der Waals surface area contributed by atoms with E-state index in [2.05, 4.69) is 27.7 Å². The number of aromatic nitrogens is 1. The quantitative estimate of drug-likeness (QED) is 0.346. The summed E-state index contributed by atoms with van der Waals surface area (Å²) in [6.07, 6.45) is 6.65. The molecule has 2 aromatic rings. The summed E-state index contributed by atoms with van der Waals surface area (Å²) < 4.78 is 5.31. The number of carbonyl (C=O) groups excluding carboxylic acids is 1. The molecule has 1 unspecified atom stereocenters. The Kier molecular flexibility index (Phi) is 9.69. The summed E-state index contributed by atoms with van der Waals surface area (Å²) in [6.45, 7) is 5.06. The van der Waals surface area contributed by atoms with Crippen molar-refractivity contribution < 1.29 is 19.4 Å². The maximum atomic E-state index is 12.5. The zero-order valence-corrected chi connectivity index (χ0v) is 21.0. The van der Waals surface area contributed by atoms with Crippen LogP contribution in [0.1, 0.15) is 53.7 Å². The van der Waals surface area contributed by atoms with E-state index >= 15 is 0 Å². The highest BCUT2D eigenvalue weighted by Crippen LogP contribution is 2.20. The Balaban J connectivity index is 1.26. The van der Waals surface area contributed by atoms with Gasteiger partial charge >= 0.3 is 5.97 Å². The largest absolute Gasteiger partial charge is 0.480 e. The number of ether oxygens (including phenoxy) is 1. The molecular formula is C28H38N4O4. The number of benzene rings is 1. The third-order valence-corrected chi connectivity index (χ3v) is 7.04. The van der Waals surface area contributed by atoms with Gasteiger partial charge in [0.1, 0.15) is 11.9 Å². The lowest BCUT2D eigenvalue weighted by atomic mass is 10.0. The number of fused-ring (bicyclic) bond motifs is 1. The summed E-state index contributed by atoms with van der Waals surface area (Å²) in [5.41, 5.74) is 2.90. The molecular weight excluding hydrogens is 456 g/mol. The minimum absolute atomic E-state index is 0.354. The zero-order valence-electron chi connectivity index (χ0n) is 21.0. The summed E-state index contributed by atoms with van der Waals surface area (Å²) in [7, 11) is 0. The number of anilines is 1. The molecule has 1 amide bonds. The third-order valence-electron chi connectivity index (χ3n) is 7.04. The van der Waals surface area contributed by atoms with E-state index in [0.29, 0.717) is 24.4 Å². The second-order valence-corrected chi connectivity index (χ2v) is 9.85. The molecule has 1 saturated heterocycles. The van der Waals surface area contributed by atoms with Crippen molar-refractivity contribution in [2.45, 2.75) is 51.0 Å². The number of aliphatic carboxylic acids is 1. The van der Waals surface area contributed by atoms with Crippen LogP contribution >= 0.6 is 0 Å². The number of unbranched alkanes of at least 4 members (excludes halogenated alkanes) is 1. The number of amides is 1. The van der Waals surface area contributed by atoms with Gasteiger partial charge in [-0.3, -0.25) is 4.79 Å². The molecule has 1 aromatic carbocycles. The van der Waals surface area contributed by atoms with E-state index in [0.717, 1.165) is 82.9 Å². The molecule has 2 aliphatic rings. The molecule has 2 aliphatic heterocycles. The number of aryl methyl sites for hydroxylation is 2. The highest BCUT2D eigenvalue weighted by atomic mass is 16.5. The van der Waals surface area contributed by atoms with E-state index in [9.17, 15) is 14.7 Å². The lowest BCUT2D eigenvalue weighted by Gasteiger charge is -2.30. The topological polar surface area (TPSA) is 104 Å². The SMILES string of the molecule is O=C(NC(CCN(CCCCc1ccc2c(n1)NCCC2)CCC1COC1)C(=O)O)c1ccccc1. The lowest BCUT2D eigenvalue weighted by Crippen LogP contribution is -2.43. The van der Waals surface area contributed by atoms with Crippen molar-refractivity contribution in [2.24, 2.45) is 5.92 Å². The van der Waals surface area contributed by atoms with Crippen LogP contribution < -0.4 is 10.6 Å². The minimum atomic E-state index is -1.00. The van der Waals surface area contributed by atoms with E-state index in [1.165, 1.54) is 5.56 Å². The first-order valence-electron chi connectivity index (χ1n) is 13.2. The number of hydrogen-bond donors (Lipinski definition) is 3. The molecule has 1 atom stereocenters.